The van der Waals surface area contributed by atoms with Crippen LogP contribution < -0.4 is 4.74 Å². The summed E-state index contributed by atoms with van der Waals surface area (Å²) in [5.74, 6) is -0.604. The normalized spacial score (nSPS) is 11.3. The van der Waals surface area contributed by atoms with Gasteiger partial charge in [-0.2, -0.15) is 0 Å². The predicted molar refractivity (Wildman–Crippen MR) is 98.3 cm³/mol. The number of benzene rings is 2. The van der Waals surface area contributed by atoms with E-state index in [1.807, 2.05) is 0 Å². The lowest BCUT2D eigenvalue weighted by molar-refractivity contribution is -0.137. The van der Waals surface area contributed by atoms with Gasteiger partial charge in [0.25, 0.3) is 0 Å². The molecule has 3 rings (SSSR count). The fourth-order valence-electron chi connectivity index (χ4n) is 2.60. The molecule has 136 valence electrons. The van der Waals surface area contributed by atoms with Crippen molar-refractivity contribution in [3.63, 3.8) is 0 Å². The fraction of sp³-hybridized carbons (Fsp3) is 0.118. The fourth-order valence-corrected chi connectivity index (χ4v) is 3.12. The Kier molecular flexibility index (Phi) is 5.32. The van der Waals surface area contributed by atoms with Gasteiger partial charge in [0.2, 0.25) is 0 Å². The third kappa shape index (κ3) is 3.75. The average Bonchev–Trinajstić information content (AvgIpc) is 2.89. The molecule has 0 bridgehead atoms. The third-order valence-electron chi connectivity index (χ3n) is 3.65. The van der Waals surface area contributed by atoms with Gasteiger partial charge in [0.15, 0.2) is 6.29 Å². The molecule has 3 N–H and O–H groups in total. The van der Waals surface area contributed by atoms with Crippen molar-refractivity contribution in [3.8, 4) is 11.5 Å². The van der Waals surface area contributed by atoms with Crippen LogP contribution in [0.2, 0.25) is 15.1 Å². The van der Waals surface area contributed by atoms with Crippen LogP contribution in [0.15, 0.2) is 36.4 Å². The highest BCUT2D eigenvalue weighted by atomic mass is 35.5. The average molecular weight is 417 g/mol. The van der Waals surface area contributed by atoms with Crippen LogP contribution in [-0.2, 0) is 11.3 Å². The van der Waals surface area contributed by atoms with E-state index in [1.165, 1.54) is 28.8 Å². The molecule has 1 heterocycles. The van der Waals surface area contributed by atoms with Gasteiger partial charge in [-0.25, -0.2) is 0 Å². The van der Waals surface area contributed by atoms with Gasteiger partial charge < -0.3 is 24.6 Å². The summed E-state index contributed by atoms with van der Waals surface area (Å²) in [4.78, 5) is 11.1. The first kappa shape index (κ1) is 18.8. The highest BCUT2D eigenvalue weighted by molar-refractivity contribution is 6.34. The second kappa shape index (κ2) is 7.34. The summed E-state index contributed by atoms with van der Waals surface area (Å²) in [5.41, 5.74) is 0.364. The minimum absolute atomic E-state index is 0.00768. The highest BCUT2D eigenvalue weighted by Gasteiger charge is 2.20. The van der Waals surface area contributed by atoms with E-state index < -0.39 is 18.8 Å². The van der Waals surface area contributed by atoms with E-state index >= 15 is 0 Å². The highest BCUT2D eigenvalue weighted by Crippen LogP contribution is 2.39. The molecule has 9 heteroatoms. The second-order valence-electron chi connectivity index (χ2n) is 5.44. The van der Waals surface area contributed by atoms with Crippen LogP contribution >= 0.6 is 34.8 Å². The molecule has 0 saturated heterocycles. The van der Waals surface area contributed by atoms with Crippen LogP contribution in [0.5, 0.6) is 11.5 Å². The number of nitrogens with zero attached hydrogens (tertiary/aromatic N) is 1. The largest absolute Gasteiger partial charge is 0.480 e. The molecule has 0 radical (unpaired) electrons. The number of carboxylic acid groups (broad SMARTS) is 1. The van der Waals surface area contributed by atoms with Gasteiger partial charge in [-0.05, 0) is 24.3 Å². The van der Waals surface area contributed by atoms with Gasteiger partial charge in [0.05, 0.1) is 16.2 Å². The third-order valence-corrected chi connectivity index (χ3v) is 4.42. The molecular weight excluding hydrogens is 405 g/mol. The van der Waals surface area contributed by atoms with Crippen LogP contribution in [-0.4, -0.2) is 25.9 Å². The van der Waals surface area contributed by atoms with Crippen molar-refractivity contribution in [2.24, 2.45) is 0 Å². The number of aliphatic carboxylic acids is 1. The maximum absolute atomic E-state index is 11.1. The molecule has 1 aromatic heterocycles. The summed E-state index contributed by atoms with van der Waals surface area (Å²) in [7, 11) is 0. The molecule has 0 aliphatic rings. The second-order valence-corrected chi connectivity index (χ2v) is 6.72. The summed E-state index contributed by atoms with van der Waals surface area (Å²) in [6.07, 6.45) is -1.87. The Morgan fingerprint density at radius 1 is 1.04 bits per heavy atom. The van der Waals surface area contributed by atoms with Crippen molar-refractivity contribution in [2.45, 2.75) is 12.8 Å². The van der Waals surface area contributed by atoms with Crippen LogP contribution in [0.4, 0.5) is 0 Å². The van der Waals surface area contributed by atoms with E-state index in [4.69, 9.17) is 44.6 Å². The Hall–Kier alpha value is -1.96. The predicted octanol–water partition coefficient (Wildman–Crippen LogP) is 4.46. The number of carboxylic acids is 1. The number of aliphatic hydroxyl groups excluding tert-OH is 1. The van der Waals surface area contributed by atoms with Gasteiger partial charge in [-0.1, -0.05) is 34.8 Å². The van der Waals surface area contributed by atoms with Gasteiger partial charge in [0, 0.05) is 27.6 Å². The molecule has 0 aliphatic heterocycles. The maximum Gasteiger partial charge on any atom is 0.323 e. The zero-order valence-electron chi connectivity index (χ0n) is 13.0. The lowest BCUT2D eigenvalue weighted by Crippen LogP contribution is -2.13. The maximum atomic E-state index is 11.1. The zero-order chi connectivity index (χ0) is 19.0. The molecule has 0 atom stereocenters. The van der Waals surface area contributed by atoms with Crippen molar-refractivity contribution in [1.29, 1.82) is 0 Å². The lowest BCUT2D eigenvalue weighted by Gasteiger charge is -2.11. The number of halogens is 3. The number of fused-ring (bicyclic) bond motifs is 1. The Morgan fingerprint density at radius 2 is 1.73 bits per heavy atom. The molecule has 6 nitrogen and oxygen atoms in total. The van der Waals surface area contributed by atoms with Crippen molar-refractivity contribution < 1.29 is 24.9 Å². The van der Waals surface area contributed by atoms with Crippen LogP contribution in [0.3, 0.4) is 0 Å². The van der Waals surface area contributed by atoms with Gasteiger partial charge in [0.1, 0.15) is 18.0 Å². The monoisotopic (exact) mass is 415 g/mol. The first-order valence-corrected chi connectivity index (χ1v) is 8.43. The van der Waals surface area contributed by atoms with Gasteiger partial charge in [-0.3, -0.25) is 4.79 Å². The van der Waals surface area contributed by atoms with Crippen molar-refractivity contribution >= 4 is 51.7 Å². The van der Waals surface area contributed by atoms with Crippen LogP contribution in [0.25, 0.3) is 10.9 Å². The van der Waals surface area contributed by atoms with Crippen molar-refractivity contribution in [2.75, 3.05) is 0 Å². The summed E-state index contributed by atoms with van der Waals surface area (Å²) in [5, 5.41) is 29.7. The van der Waals surface area contributed by atoms with Crippen LogP contribution in [0, 0.1) is 0 Å². The summed E-state index contributed by atoms with van der Waals surface area (Å²) >= 11 is 18.2. The topological polar surface area (TPSA) is 91.9 Å². The molecule has 0 saturated carbocycles. The van der Waals surface area contributed by atoms with E-state index in [0.717, 1.165) is 0 Å². The van der Waals surface area contributed by atoms with Crippen LogP contribution in [0.1, 0.15) is 12.0 Å². The molecule has 0 fully saturated rings. The van der Waals surface area contributed by atoms with E-state index in [9.17, 15) is 15.0 Å². The summed E-state index contributed by atoms with van der Waals surface area (Å²) < 4.78 is 7.05. The van der Waals surface area contributed by atoms with Crippen molar-refractivity contribution in [1.82, 2.24) is 4.57 Å². The lowest BCUT2D eigenvalue weighted by atomic mass is 10.2. The van der Waals surface area contributed by atoms with Crippen molar-refractivity contribution in [3.05, 3.63) is 57.2 Å². The molecule has 0 amide bonds. The number of aromatic nitrogens is 1. The number of rotatable bonds is 5. The number of aliphatic hydroxyl groups is 2. The number of ether oxygens (including phenoxy) is 1. The Bertz CT molecular complexity index is 1000. The minimum Gasteiger partial charge on any atom is -0.480 e. The molecule has 0 spiro atoms. The molecule has 0 unspecified atom stereocenters. The Morgan fingerprint density at radius 3 is 2.38 bits per heavy atom. The molecule has 3 aromatic rings. The number of hydrogen-bond acceptors (Lipinski definition) is 4. The quantitative estimate of drug-likeness (QED) is 0.534. The van der Waals surface area contributed by atoms with E-state index in [-0.39, 0.29) is 22.2 Å². The molecule has 2 aromatic carbocycles. The van der Waals surface area contributed by atoms with E-state index in [1.54, 1.807) is 12.1 Å². The Labute approximate surface area is 162 Å². The van der Waals surface area contributed by atoms with E-state index in [0.29, 0.717) is 20.9 Å². The molecule has 26 heavy (non-hydrogen) atoms. The standard InChI is InChI=1S/C17H12Cl3NO5/c18-8-1-2-11(20)15(4-8)26-14-5-9(19)3-12-10(14)6-13(17(24)25)21(12)7-16(22)23/h1-6,17,24-25H,7H2,(H,22,23). The first-order chi connectivity index (χ1) is 12.3. The smallest absolute Gasteiger partial charge is 0.323 e. The number of carbonyl (C=O) groups is 1. The summed E-state index contributed by atoms with van der Waals surface area (Å²) in [6.45, 7) is -0.478. The number of hydrogen-bond donors (Lipinski definition) is 3. The SMILES string of the molecule is O=C(O)Cn1c(C(O)O)cc2c(Oc3cc(Cl)ccc3Cl)cc(Cl)cc21. The van der Waals surface area contributed by atoms with Gasteiger partial charge >= 0.3 is 5.97 Å². The van der Waals surface area contributed by atoms with Gasteiger partial charge in [-0.15, -0.1) is 0 Å². The minimum atomic E-state index is -1.87. The molecular formula is C17H12Cl3NO5. The zero-order valence-corrected chi connectivity index (χ0v) is 15.3. The Balaban J connectivity index is 2.20. The molecule has 0 aliphatic carbocycles. The first-order valence-electron chi connectivity index (χ1n) is 7.30. The summed E-state index contributed by atoms with van der Waals surface area (Å²) in [6, 6.07) is 9.14. The van der Waals surface area contributed by atoms with E-state index in [2.05, 4.69) is 0 Å².